The number of nitrogens with one attached hydrogen (secondary N) is 1. The molecule has 1 aliphatic rings. The molecule has 0 aliphatic carbocycles. The van der Waals surface area contributed by atoms with Gasteiger partial charge in [0.05, 0.1) is 17.9 Å². The minimum Gasteiger partial charge on any atom is -0.440 e. The summed E-state index contributed by atoms with van der Waals surface area (Å²) in [5.41, 5.74) is 0.351. The monoisotopic (exact) mass is 350 g/mol. The molecule has 0 saturated carbocycles. The Bertz CT molecular complexity index is 585. The number of carbonyl (C=O) groups is 1. The molecule has 2 rings (SSSR count). The van der Waals surface area contributed by atoms with E-state index in [0.717, 1.165) is 6.07 Å². The summed E-state index contributed by atoms with van der Waals surface area (Å²) in [4.78, 5) is 13.1. The third kappa shape index (κ3) is 5.26. The minimum atomic E-state index is -4.61. The number of halogens is 4. The van der Waals surface area contributed by atoms with Crippen LogP contribution in [-0.4, -0.2) is 44.2 Å². The molecule has 0 spiro atoms. The maximum Gasteiger partial charge on any atom is 0.422 e. The van der Waals surface area contributed by atoms with Gasteiger partial charge in [-0.3, -0.25) is 5.32 Å². The van der Waals surface area contributed by atoms with Gasteiger partial charge in [-0.1, -0.05) is 0 Å². The maximum absolute atomic E-state index is 14.3. The fourth-order valence-corrected chi connectivity index (χ4v) is 2.52. The van der Waals surface area contributed by atoms with Crippen LogP contribution in [0.3, 0.4) is 0 Å². The van der Waals surface area contributed by atoms with Gasteiger partial charge in [-0.25, -0.2) is 9.18 Å². The highest BCUT2D eigenvalue weighted by Crippen LogP contribution is 2.26. The van der Waals surface area contributed by atoms with E-state index in [0.29, 0.717) is 18.8 Å². The van der Waals surface area contributed by atoms with Gasteiger partial charge in [0, 0.05) is 18.8 Å². The Labute approximate surface area is 136 Å². The molecular formula is C15H18F4N2O3. The molecule has 1 fully saturated rings. The van der Waals surface area contributed by atoms with Crippen LogP contribution in [0.25, 0.3) is 0 Å². The van der Waals surface area contributed by atoms with Crippen molar-refractivity contribution in [3.05, 3.63) is 24.0 Å². The van der Waals surface area contributed by atoms with E-state index in [1.165, 1.54) is 12.1 Å². The zero-order valence-corrected chi connectivity index (χ0v) is 13.2. The van der Waals surface area contributed by atoms with Crippen LogP contribution >= 0.6 is 0 Å². The number of rotatable bonds is 3. The van der Waals surface area contributed by atoms with E-state index in [1.807, 2.05) is 18.7 Å². The molecular weight excluding hydrogens is 332 g/mol. The lowest BCUT2D eigenvalue weighted by atomic mass is 10.2. The van der Waals surface area contributed by atoms with E-state index in [-0.39, 0.29) is 17.9 Å². The summed E-state index contributed by atoms with van der Waals surface area (Å²) >= 11 is 0. The molecule has 1 aromatic carbocycles. The van der Waals surface area contributed by atoms with Crippen LogP contribution in [0.5, 0.6) is 0 Å². The number of nitrogens with zero attached hydrogens (tertiary/aromatic N) is 1. The summed E-state index contributed by atoms with van der Waals surface area (Å²) in [5, 5.41) is 2.06. The maximum atomic E-state index is 14.3. The SMILES string of the molecule is C[C@H]1CN(c2ccc(NC(=O)OCC(F)(F)F)cc2F)C[C@H](C)O1. The van der Waals surface area contributed by atoms with Gasteiger partial charge in [-0.15, -0.1) is 0 Å². The van der Waals surface area contributed by atoms with Crippen molar-refractivity contribution in [1.82, 2.24) is 0 Å². The standard InChI is InChI=1S/C15H18F4N2O3/c1-9-6-21(7-10(2)24-9)13-4-3-11(5-12(13)16)20-14(22)23-8-15(17,18)19/h3-5,9-10H,6-8H2,1-2H3,(H,20,22)/t9-,10-/m0/s1. The summed E-state index contributed by atoms with van der Waals surface area (Å²) < 4.78 is 59.7. The van der Waals surface area contributed by atoms with E-state index in [2.05, 4.69) is 10.1 Å². The van der Waals surface area contributed by atoms with Crippen molar-refractivity contribution in [2.45, 2.75) is 32.2 Å². The van der Waals surface area contributed by atoms with Crippen molar-refractivity contribution in [1.29, 1.82) is 0 Å². The van der Waals surface area contributed by atoms with Gasteiger partial charge < -0.3 is 14.4 Å². The lowest BCUT2D eigenvalue weighted by Gasteiger charge is -2.37. The van der Waals surface area contributed by atoms with Crippen LogP contribution in [0.4, 0.5) is 33.7 Å². The van der Waals surface area contributed by atoms with E-state index in [1.54, 1.807) is 0 Å². The van der Waals surface area contributed by atoms with Crippen LogP contribution in [0.15, 0.2) is 18.2 Å². The van der Waals surface area contributed by atoms with Gasteiger partial charge in [0.1, 0.15) is 5.82 Å². The van der Waals surface area contributed by atoms with Gasteiger partial charge >= 0.3 is 12.3 Å². The number of alkyl halides is 3. The first-order valence-electron chi connectivity index (χ1n) is 7.34. The molecule has 1 saturated heterocycles. The molecule has 1 amide bonds. The van der Waals surface area contributed by atoms with Gasteiger partial charge in [0.2, 0.25) is 0 Å². The molecule has 0 aromatic heterocycles. The van der Waals surface area contributed by atoms with Crippen molar-refractivity contribution in [3.63, 3.8) is 0 Å². The molecule has 0 radical (unpaired) electrons. The predicted molar refractivity (Wildman–Crippen MR) is 79.6 cm³/mol. The number of hydrogen-bond donors (Lipinski definition) is 1. The molecule has 134 valence electrons. The first kappa shape index (κ1) is 18.3. The summed E-state index contributed by atoms with van der Waals surface area (Å²) in [5.74, 6) is -0.593. The predicted octanol–water partition coefficient (Wildman–Crippen LogP) is 3.55. The molecule has 24 heavy (non-hydrogen) atoms. The minimum absolute atomic E-state index is 0.0118. The molecule has 5 nitrogen and oxygen atoms in total. The van der Waals surface area contributed by atoms with Crippen LogP contribution in [0.1, 0.15) is 13.8 Å². The second kappa shape index (κ2) is 7.25. The highest BCUT2D eigenvalue weighted by molar-refractivity contribution is 5.85. The van der Waals surface area contributed by atoms with Crippen LogP contribution in [0, 0.1) is 5.82 Å². The van der Waals surface area contributed by atoms with Crippen molar-refractivity contribution >= 4 is 17.5 Å². The lowest BCUT2D eigenvalue weighted by molar-refractivity contribution is -0.159. The smallest absolute Gasteiger partial charge is 0.422 e. The first-order valence-corrected chi connectivity index (χ1v) is 7.34. The van der Waals surface area contributed by atoms with Crippen LogP contribution in [0.2, 0.25) is 0 Å². The van der Waals surface area contributed by atoms with Crippen molar-refractivity contribution in [3.8, 4) is 0 Å². The Morgan fingerprint density at radius 3 is 2.50 bits per heavy atom. The lowest BCUT2D eigenvalue weighted by Crippen LogP contribution is -2.45. The topological polar surface area (TPSA) is 50.8 Å². The third-order valence-corrected chi connectivity index (χ3v) is 3.32. The molecule has 0 bridgehead atoms. The van der Waals surface area contributed by atoms with E-state index >= 15 is 0 Å². The average Bonchev–Trinajstić information content (AvgIpc) is 2.43. The Hall–Kier alpha value is -2.03. The van der Waals surface area contributed by atoms with Gasteiger partial charge in [-0.05, 0) is 32.0 Å². The van der Waals surface area contributed by atoms with Crippen molar-refractivity contribution in [2.75, 3.05) is 29.9 Å². The highest BCUT2D eigenvalue weighted by atomic mass is 19.4. The summed E-state index contributed by atoms with van der Waals surface area (Å²) in [6.45, 7) is 3.09. The zero-order valence-electron chi connectivity index (χ0n) is 13.2. The van der Waals surface area contributed by atoms with Gasteiger partial charge in [-0.2, -0.15) is 13.2 Å². The number of anilines is 2. The largest absolute Gasteiger partial charge is 0.440 e. The Kier molecular flexibility index (Phi) is 5.53. The second-order valence-electron chi connectivity index (χ2n) is 5.64. The summed E-state index contributed by atoms with van der Waals surface area (Å²) in [6, 6.07) is 3.90. The highest BCUT2D eigenvalue weighted by Gasteiger charge is 2.29. The molecule has 1 aliphatic heterocycles. The van der Waals surface area contributed by atoms with Crippen molar-refractivity contribution in [2.24, 2.45) is 0 Å². The number of amides is 1. The van der Waals surface area contributed by atoms with E-state index < -0.39 is 24.7 Å². The molecule has 1 N–H and O–H groups in total. The van der Waals surface area contributed by atoms with Crippen LogP contribution < -0.4 is 10.2 Å². The van der Waals surface area contributed by atoms with Gasteiger partial charge in [0.15, 0.2) is 6.61 Å². The molecule has 1 heterocycles. The fraction of sp³-hybridized carbons (Fsp3) is 0.533. The molecule has 9 heteroatoms. The number of benzene rings is 1. The second-order valence-corrected chi connectivity index (χ2v) is 5.64. The van der Waals surface area contributed by atoms with E-state index in [9.17, 15) is 22.4 Å². The van der Waals surface area contributed by atoms with Crippen LogP contribution in [-0.2, 0) is 9.47 Å². The van der Waals surface area contributed by atoms with Gasteiger partial charge in [0.25, 0.3) is 0 Å². The number of ether oxygens (including phenoxy) is 2. The Morgan fingerprint density at radius 2 is 1.96 bits per heavy atom. The molecule has 0 unspecified atom stereocenters. The Balaban J connectivity index is 2.00. The fourth-order valence-electron chi connectivity index (χ4n) is 2.52. The quantitative estimate of drug-likeness (QED) is 0.847. The first-order chi connectivity index (χ1) is 11.1. The zero-order chi connectivity index (χ0) is 17.9. The van der Waals surface area contributed by atoms with E-state index in [4.69, 9.17) is 4.74 Å². The normalized spacial score (nSPS) is 21.5. The number of carbonyl (C=O) groups excluding carboxylic acids is 1. The van der Waals surface area contributed by atoms with Crippen molar-refractivity contribution < 1.29 is 31.8 Å². The molecule has 1 aromatic rings. The average molecular weight is 350 g/mol. The third-order valence-electron chi connectivity index (χ3n) is 3.32. The number of morpholine rings is 1. The molecule has 2 atom stereocenters. The Morgan fingerprint density at radius 1 is 1.33 bits per heavy atom. The number of hydrogen-bond acceptors (Lipinski definition) is 4. The summed E-state index contributed by atoms with van der Waals surface area (Å²) in [6.07, 6.45) is -6.02. The summed E-state index contributed by atoms with van der Waals surface area (Å²) in [7, 11) is 0.